The van der Waals surface area contributed by atoms with E-state index in [0.29, 0.717) is 49.5 Å². The highest BCUT2D eigenvalue weighted by Crippen LogP contribution is 2.23. The Labute approximate surface area is 182 Å². The molecule has 0 unspecified atom stereocenters. The normalized spacial score (nSPS) is 17.6. The molecule has 168 valence electrons. The summed E-state index contributed by atoms with van der Waals surface area (Å²) in [6.07, 6.45) is 5.45. The number of carbonyl (C=O) groups is 1. The number of piperidine rings is 1. The summed E-state index contributed by atoms with van der Waals surface area (Å²) >= 11 is 0. The first kappa shape index (κ1) is 21.6. The third kappa shape index (κ3) is 4.54. The second-order valence-electron chi connectivity index (χ2n) is 8.60. The number of nitrogens with one attached hydrogen (secondary N) is 1. The van der Waals surface area contributed by atoms with Crippen LogP contribution in [0.1, 0.15) is 57.5 Å². The number of aromatic nitrogens is 3. The lowest BCUT2D eigenvalue weighted by Crippen LogP contribution is -2.42. The van der Waals surface area contributed by atoms with Gasteiger partial charge in [0.05, 0.1) is 5.52 Å². The highest BCUT2D eigenvalue weighted by molar-refractivity contribution is 5.83. The zero-order chi connectivity index (χ0) is 22.0. The molecule has 1 aliphatic rings. The Morgan fingerprint density at radius 1 is 1.26 bits per heavy atom. The maximum atomic E-state index is 12.9. The molecule has 0 aromatic carbocycles. The van der Waals surface area contributed by atoms with E-state index in [1.165, 1.54) is 23.9 Å². The molecule has 4 rings (SSSR count). The second-order valence-corrected chi connectivity index (χ2v) is 8.60. The molecule has 8 heteroatoms. The monoisotopic (exact) mass is 427 g/mol. The summed E-state index contributed by atoms with van der Waals surface area (Å²) in [7, 11) is 0. The van der Waals surface area contributed by atoms with Crippen LogP contribution in [-0.4, -0.2) is 50.7 Å². The Bertz CT molecular complexity index is 1130. The number of hydrogen-bond donors (Lipinski definition) is 1. The van der Waals surface area contributed by atoms with Crippen LogP contribution in [0.5, 0.6) is 0 Å². The second kappa shape index (κ2) is 9.26. The van der Waals surface area contributed by atoms with Crippen LogP contribution in [0.2, 0.25) is 0 Å². The van der Waals surface area contributed by atoms with Gasteiger partial charge in [-0.2, -0.15) is 5.10 Å². The maximum Gasteiger partial charge on any atom is 0.291 e. The van der Waals surface area contributed by atoms with Crippen LogP contribution in [0.3, 0.4) is 0 Å². The van der Waals surface area contributed by atoms with Crippen LogP contribution < -0.4 is 10.9 Å². The minimum Gasteiger partial charge on any atom is -0.460 e. The topological polar surface area (TPSA) is 84.8 Å². The summed E-state index contributed by atoms with van der Waals surface area (Å²) in [5.74, 6) is 1.65. The van der Waals surface area contributed by atoms with Gasteiger partial charge in [-0.25, -0.2) is 4.68 Å². The van der Waals surface area contributed by atoms with Crippen LogP contribution in [0.25, 0.3) is 16.6 Å². The van der Waals surface area contributed by atoms with Crippen molar-refractivity contribution in [2.75, 3.05) is 19.6 Å². The molecule has 1 N–H and O–H groups in total. The van der Waals surface area contributed by atoms with E-state index in [1.807, 2.05) is 24.3 Å². The van der Waals surface area contributed by atoms with Gasteiger partial charge in [0.25, 0.3) is 5.56 Å². The third-order valence-corrected chi connectivity index (χ3v) is 6.31. The van der Waals surface area contributed by atoms with Crippen molar-refractivity contribution in [2.24, 2.45) is 0 Å². The Morgan fingerprint density at radius 3 is 2.87 bits per heavy atom. The molecule has 0 saturated carbocycles. The summed E-state index contributed by atoms with van der Waals surface area (Å²) < 4.78 is 9.07. The summed E-state index contributed by atoms with van der Waals surface area (Å²) in [6, 6.07) is 4.32. The Kier molecular flexibility index (Phi) is 6.46. The number of nitrogens with zero attached hydrogens (tertiary/aromatic N) is 4. The third-order valence-electron chi connectivity index (χ3n) is 6.31. The maximum absolute atomic E-state index is 12.9. The fraction of sp³-hybridized carbons (Fsp3) is 0.609. The first-order valence-electron chi connectivity index (χ1n) is 11.5. The van der Waals surface area contributed by atoms with E-state index in [9.17, 15) is 9.59 Å². The first-order valence-corrected chi connectivity index (χ1v) is 11.5. The van der Waals surface area contributed by atoms with E-state index in [4.69, 9.17) is 4.42 Å². The van der Waals surface area contributed by atoms with Crippen molar-refractivity contribution in [1.82, 2.24) is 24.4 Å². The predicted octanol–water partition coefficient (Wildman–Crippen LogP) is 2.88. The minimum absolute atomic E-state index is 0.0326. The average molecular weight is 428 g/mol. The van der Waals surface area contributed by atoms with Crippen LogP contribution in [-0.2, 0) is 17.8 Å². The number of fused-ring (bicyclic) bond motifs is 3. The Hall–Kier alpha value is -2.61. The smallest absolute Gasteiger partial charge is 0.291 e. The van der Waals surface area contributed by atoms with Crippen LogP contribution in [0.4, 0.5) is 0 Å². The largest absolute Gasteiger partial charge is 0.460 e. The molecule has 0 radical (unpaired) electrons. The van der Waals surface area contributed by atoms with Crippen LogP contribution in [0, 0.1) is 6.92 Å². The summed E-state index contributed by atoms with van der Waals surface area (Å²) in [5.41, 5.74) is 2.00. The average Bonchev–Trinajstić information content (AvgIpc) is 3.28. The number of hydrogen-bond acceptors (Lipinski definition) is 5. The molecule has 3 aromatic heterocycles. The molecule has 1 saturated heterocycles. The van der Waals surface area contributed by atoms with E-state index in [1.54, 1.807) is 6.07 Å². The molecule has 0 bridgehead atoms. The van der Waals surface area contributed by atoms with Gasteiger partial charge in [0.1, 0.15) is 17.1 Å². The van der Waals surface area contributed by atoms with Crippen LogP contribution in [0.15, 0.2) is 21.3 Å². The number of rotatable bonds is 8. The van der Waals surface area contributed by atoms with Gasteiger partial charge in [0, 0.05) is 50.7 Å². The highest BCUT2D eigenvalue weighted by Gasteiger charge is 2.18. The number of aryl methyl sites for hydroxylation is 3. The van der Waals surface area contributed by atoms with Gasteiger partial charge in [-0.1, -0.05) is 13.3 Å². The molecule has 1 amide bonds. The molecular weight excluding hydrogens is 394 g/mol. The summed E-state index contributed by atoms with van der Waals surface area (Å²) in [4.78, 5) is 27.6. The molecule has 4 heterocycles. The zero-order valence-corrected chi connectivity index (χ0v) is 18.8. The van der Waals surface area contributed by atoms with Crippen molar-refractivity contribution >= 4 is 22.5 Å². The summed E-state index contributed by atoms with van der Waals surface area (Å²) in [6.45, 7) is 9.30. The molecule has 0 spiro atoms. The fourth-order valence-corrected chi connectivity index (χ4v) is 4.60. The molecular formula is C23H33N5O3. The highest BCUT2D eigenvalue weighted by atomic mass is 16.3. The predicted molar refractivity (Wildman–Crippen MR) is 120 cm³/mol. The lowest BCUT2D eigenvalue weighted by Gasteiger charge is -2.33. The van der Waals surface area contributed by atoms with E-state index in [-0.39, 0.29) is 11.5 Å². The number of furan rings is 1. The van der Waals surface area contributed by atoms with E-state index >= 15 is 0 Å². The van der Waals surface area contributed by atoms with Crippen molar-refractivity contribution < 1.29 is 9.21 Å². The standard InChI is InChI=1S/C23H33N5O3/c1-4-21-25-27(23(30)19-15-20-18(28(19)21)14-17(3)31-20)12-7-9-22(29)24-10-13-26-11-6-5-8-16(26)2/h14-16H,4-13H2,1-3H3,(H,24,29)/t16-/m1/s1. The van der Waals surface area contributed by atoms with Gasteiger partial charge in [-0.05, 0) is 39.7 Å². The molecule has 3 aromatic rings. The van der Waals surface area contributed by atoms with E-state index in [2.05, 4.69) is 22.2 Å². The van der Waals surface area contributed by atoms with Crippen LogP contribution >= 0.6 is 0 Å². The van der Waals surface area contributed by atoms with Crippen molar-refractivity contribution in [2.45, 2.75) is 71.9 Å². The molecule has 1 atom stereocenters. The fourth-order valence-electron chi connectivity index (χ4n) is 4.60. The molecule has 8 nitrogen and oxygen atoms in total. The van der Waals surface area contributed by atoms with E-state index < -0.39 is 0 Å². The number of likely N-dealkylation sites (tertiary alicyclic amines) is 1. The van der Waals surface area contributed by atoms with Gasteiger partial charge >= 0.3 is 0 Å². The van der Waals surface area contributed by atoms with Crippen molar-refractivity contribution in [3.05, 3.63) is 34.1 Å². The lowest BCUT2D eigenvalue weighted by atomic mass is 10.0. The number of amides is 1. The van der Waals surface area contributed by atoms with Gasteiger partial charge in [-0.15, -0.1) is 0 Å². The van der Waals surface area contributed by atoms with Gasteiger partial charge in [0.15, 0.2) is 5.58 Å². The van der Waals surface area contributed by atoms with Gasteiger partial charge in [-0.3, -0.25) is 18.9 Å². The van der Waals surface area contributed by atoms with Crippen molar-refractivity contribution in [3.8, 4) is 0 Å². The molecule has 1 fully saturated rings. The van der Waals surface area contributed by atoms with Gasteiger partial charge < -0.3 is 9.73 Å². The number of carbonyl (C=O) groups excluding carboxylic acids is 1. The Morgan fingerprint density at radius 2 is 2.10 bits per heavy atom. The van der Waals surface area contributed by atoms with Crippen molar-refractivity contribution in [1.29, 1.82) is 0 Å². The van der Waals surface area contributed by atoms with Gasteiger partial charge in [0.2, 0.25) is 5.91 Å². The minimum atomic E-state index is -0.152. The molecule has 1 aliphatic heterocycles. The van der Waals surface area contributed by atoms with E-state index in [0.717, 1.165) is 30.2 Å². The molecule has 31 heavy (non-hydrogen) atoms. The lowest BCUT2D eigenvalue weighted by molar-refractivity contribution is -0.121. The SMILES string of the molecule is CCc1nn(CCCC(=O)NCCN2CCCC[C@H]2C)c(=O)c2cc3oc(C)cc3n12. The zero-order valence-electron chi connectivity index (χ0n) is 18.8. The molecule has 0 aliphatic carbocycles. The quantitative estimate of drug-likeness (QED) is 0.598. The first-order chi connectivity index (χ1) is 15.0. The van der Waals surface area contributed by atoms with Crippen molar-refractivity contribution in [3.63, 3.8) is 0 Å². The summed E-state index contributed by atoms with van der Waals surface area (Å²) in [5, 5.41) is 7.58. The Balaban J connectivity index is 1.35.